The van der Waals surface area contributed by atoms with E-state index in [1.165, 1.54) is 4.57 Å². The molecule has 0 atom stereocenters. The zero-order valence-electron chi connectivity index (χ0n) is 13.4. The van der Waals surface area contributed by atoms with Gasteiger partial charge in [0.25, 0.3) is 5.56 Å². The van der Waals surface area contributed by atoms with E-state index in [1.54, 1.807) is 10.9 Å². The van der Waals surface area contributed by atoms with Crippen molar-refractivity contribution in [1.82, 2.24) is 18.7 Å². The highest BCUT2D eigenvalue weighted by molar-refractivity contribution is 5.70. The van der Waals surface area contributed by atoms with Crippen LogP contribution in [0.15, 0.2) is 15.9 Å². The number of hydrogen-bond acceptors (Lipinski definition) is 4. The van der Waals surface area contributed by atoms with E-state index in [2.05, 4.69) is 11.9 Å². The monoisotopic (exact) mass is 307 g/mol. The van der Waals surface area contributed by atoms with Gasteiger partial charge >= 0.3 is 5.69 Å². The van der Waals surface area contributed by atoms with Crippen molar-refractivity contribution in [3.8, 4) is 0 Å². The van der Waals surface area contributed by atoms with Crippen molar-refractivity contribution in [2.75, 3.05) is 6.54 Å². The third kappa shape index (κ3) is 2.99. The molecule has 0 spiro atoms. The van der Waals surface area contributed by atoms with Gasteiger partial charge in [0.15, 0.2) is 11.2 Å². The summed E-state index contributed by atoms with van der Waals surface area (Å²) in [4.78, 5) is 29.4. The second-order valence-electron chi connectivity index (χ2n) is 5.44. The van der Waals surface area contributed by atoms with Crippen molar-refractivity contribution in [1.29, 1.82) is 0 Å². The molecule has 2 aromatic heterocycles. The molecule has 0 radical (unpaired) electrons. The molecule has 0 saturated heterocycles. The van der Waals surface area contributed by atoms with Crippen LogP contribution >= 0.6 is 0 Å². The first-order valence-electron chi connectivity index (χ1n) is 8.04. The van der Waals surface area contributed by atoms with E-state index in [1.807, 2.05) is 11.5 Å². The molecule has 0 aliphatic rings. The third-order valence-electron chi connectivity index (χ3n) is 3.89. The van der Waals surface area contributed by atoms with Crippen LogP contribution in [0.2, 0.25) is 0 Å². The molecule has 2 rings (SSSR count). The largest absolute Gasteiger partial charge is 0.332 e. The number of unbranched alkanes of at least 4 members (excludes halogenated alkanes) is 2. The van der Waals surface area contributed by atoms with Gasteiger partial charge in [0, 0.05) is 19.6 Å². The maximum atomic E-state index is 12.6. The molecule has 7 heteroatoms. The summed E-state index contributed by atoms with van der Waals surface area (Å²) in [5, 5.41) is 0. The number of aromatic nitrogens is 4. The van der Waals surface area contributed by atoms with Crippen LogP contribution in [0.1, 0.15) is 39.5 Å². The average molecular weight is 307 g/mol. The smallest absolute Gasteiger partial charge is 0.330 e. The first-order chi connectivity index (χ1) is 10.7. The number of fused-ring (bicyclic) bond motifs is 1. The average Bonchev–Trinajstić information content (AvgIpc) is 2.92. The van der Waals surface area contributed by atoms with Crippen LogP contribution in [-0.2, 0) is 19.6 Å². The molecule has 0 amide bonds. The Hall–Kier alpha value is -1.89. The Morgan fingerprint density at radius 2 is 1.86 bits per heavy atom. The first kappa shape index (κ1) is 16.5. The molecule has 22 heavy (non-hydrogen) atoms. The lowest BCUT2D eigenvalue weighted by Gasteiger charge is -2.11. The Kier molecular flexibility index (Phi) is 5.54. The van der Waals surface area contributed by atoms with E-state index < -0.39 is 0 Å². The highest BCUT2D eigenvalue weighted by Gasteiger charge is 2.16. The summed E-state index contributed by atoms with van der Waals surface area (Å²) >= 11 is 0. The molecule has 122 valence electrons. The van der Waals surface area contributed by atoms with Crippen molar-refractivity contribution in [2.24, 2.45) is 5.73 Å². The predicted molar refractivity (Wildman–Crippen MR) is 87.1 cm³/mol. The van der Waals surface area contributed by atoms with Crippen LogP contribution in [0.3, 0.4) is 0 Å². The van der Waals surface area contributed by atoms with E-state index >= 15 is 0 Å². The summed E-state index contributed by atoms with van der Waals surface area (Å²) in [6.07, 6.45) is 5.32. The maximum absolute atomic E-state index is 12.6. The van der Waals surface area contributed by atoms with Gasteiger partial charge < -0.3 is 10.3 Å². The summed E-state index contributed by atoms with van der Waals surface area (Å²) in [5.74, 6) is 0. The highest BCUT2D eigenvalue weighted by atomic mass is 16.2. The lowest BCUT2D eigenvalue weighted by molar-refractivity contribution is 0.558. The normalized spacial score (nSPS) is 11.4. The van der Waals surface area contributed by atoms with Crippen LogP contribution in [0.5, 0.6) is 0 Å². The second kappa shape index (κ2) is 7.40. The SMILES string of the molecule is CCCCn1c(=O)n(CC)c(=O)c2c1ncn2CCCCN. The maximum Gasteiger partial charge on any atom is 0.332 e. The van der Waals surface area contributed by atoms with Gasteiger partial charge in [0.2, 0.25) is 0 Å². The molecule has 2 aromatic rings. The van der Waals surface area contributed by atoms with Crippen molar-refractivity contribution < 1.29 is 0 Å². The lowest BCUT2D eigenvalue weighted by Crippen LogP contribution is -2.40. The number of rotatable bonds is 8. The van der Waals surface area contributed by atoms with E-state index in [0.717, 1.165) is 25.7 Å². The Bertz CT molecular complexity index is 741. The molecular formula is C15H25N5O2. The van der Waals surface area contributed by atoms with E-state index in [4.69, 9.17) is 5.73 Å². The van der Waals surface area contributed by atoms with Gasteiger partial charge in [-0.2, -0.15) is 0 Å². The summed E-state index contributed by atoms with van der Waals surface area (Å²) in [5.41, 5.74) is 6.03. The standard InChI is InChI=1S/C15H25N5O2/c1-3-5-10-20-13-12(14(21)19(4-2)15(20)22)18(11-17-13)9-7-6-8-16/h11H,3-10,16H2,1-2H3. The van der Waals surface area contributed by atoms with Gasteiger partial charge in [-0.1, -0.05) is 13.3 Å². The molecule has 0 bridgehead atoms. The predicted octanol–water partition coefficient (Wildman–Crippen LogP) is 0.919. The second-order valence-corrected chi connectivity index (χ2v) is 5.44. The molecule has 0 unspecified atom stereocenters. The lowest BCUT2D eigenvalue weighted by atomic mass is 10.3. The number of nitrogens with zero attached hydrogens (tertiary/aromatic N) is 4. The minimum atomic E-state index is -0.263. The molecule has 2 N–H and O–H groups in total. The fraction of sp³-hybridized carbons (Fsp3) is 0.667. The van der Waals surface area contributed by atoms with Gasteiger partial charge in [-0.15, -0.1) is 0 Å². The Balaban J connectivity index is 2.59. The Morgan fingerprint density at radius 3 is 2.50 bits per heavy atom. The molecule has 0 aromatic carbocycles. The number of nitrogens with two attached hydrogens (primary N) is 1. The highest BCUT2D eigenvalue weighted by Crippen LogP contribution is 2.09. The number of aryl methyl sites for hydroxylation is 2. The minimum Gasteiger partial charge on any atom is -0.330 e. The summed E-state index contributed by atoms with van der Waals surface area (Å²) in [6, 6.07) is 0. The molecule has 7 nitrogen and oxygen atoms in total. The topological polar surface area (TPSA) is 87.8 Å². The zero-order valence-corrected chi connectivity index (χ0v) is 13.4. The number of imidazole rings is 1. The van der Waals surface area contributed by atoms with Gasteiger partial charge in [0.05, 0.1) is 6.33 Å². The van der Waals surface area contributed by atoms with Gasteiger partial charge in [0.1, 0.15) is 0 Å². The van der Waals surface area contributed by atoms with Gasteiger partial charge in [-0.3, -0.25) is 13.9 Å². The van der Waals surface area contributed by atoms with Crippen LogP contribution in [-0.4, -0.2) is 25.2 Å². The first-order valence-corrected chi connectivity index (χ1v) is 8.04. The van der Waals surface area contributed by atoms with E-state index in [0.29, 0.717) is 37.3 Å². The zero-order chi connectivity index (χ0) is 16.1. The molecule has 0 saturated carbocycles. The third-order valence-corrected chi connectivity index (χ3v) is 3.89. The molecule has 2 heterocycles. The van der Waals surface area contributed by atoms with Gasteiger partial charge in [-0.05, 0) is 32.7 Å². The van der Waals surface area contributed by atoms with Crippen molar-refractivity contribution in [3.05, 3.63) is 27.2 Å². The van der Waals surface area contributed by atoms with E-state index in [-0.39, 0.29) is 11.2 Å². The number of hydrogen-bond donors (Lipinski definition) is 1. The van der Waals surface area contributed by atoms with Crippen molar-refractivity contribution >= 4 is 11.2 Å². The summed E-state index contributed by atoms with van der Waals surface area (Å²) in [6.45, 7) is 6.17. The Morgan fingerprint density at radius 1 is 1.09 bits per heavy atom. The molecular weight excluding hydrogens is 282 g/mol. The molecule has 0 aliphatic heterocycles. The van der Waals surface area contributed by atoms with Crippen molar-refractivity contribution in [3.63, 3.8) is 0 Å². The van der Waals surface area contributed by atoms with Gasteiger partial charge in [-0.25, -0.2) is 9.78 Å². The quantitative estimate of drug-likeness (QED) is 0.735. The summed E-state index contributed by atoms with van der Waals surface area (Å²) in [7, 11) is 0. The van der Waals surface area contributed by atoms with Crippen molar-refractivity contribution in [2.45, 2.75) is 59.2 Å². The molecule has 0 aliphatic carbocycles. The fourth-order valence-corrected chi connectivity index (χ4v) is 2.63. The van der Waals surface area contributed by atoms with Crippen LogP contribution < -0.4 is 17.0 Å². The van der Waals surface area contributed by atoms with Crippen LogP contribution in [0, 0.1) is 0 Å². The van der Waals surface area contributed by atoms with Crippen LogP contribution in [0.25, 0.3) is 11.2 Å². The molecule has 0 fully saturated rings. The minimum absolute atomic E-state index is 0.250. The van der Waals surface area contributed by atoms with E-state index in [9.17, 15) is 9.59 Å². The fourth-order valence-electron chi connectivity index (χ4n) is 2.63. The Labute approximate surface area is 129 Å². The van der Waals surface area contributed by atoms with Crippen LogP contribution in [0.4, 0.5) is 0 Å². The summed E-state index contributed by atoms with van der Waals surface area (Å²) < 4.78 is 4.77.